The second kappa shape index (κ2) is 7.24. The largest absolute Gasteiger partial charge is 0.463 e. The molecule has 29 heavy (non-hydrogen) atoms. The number of furan rings is 1. The summed E-state index contributed by atoms with van der Waals surface area (Å²) in [7, 11) is 1.69. The minimum atomic E-state index is -0.219. The number of benzene rings is 1. The van der Waals surface area contributed by atoms with Crippen molar-refractivity contribution in [2.75, 3.05) is 11.9 Å². The van der Waals surface area contributed by atoms with Gasteiger partial charge in [0.05, 0.1) is 35.0 Å². The van der Waals surface area contributed by atoms with Crippen LogP contribution in [0.25, 0.3) is 22.5 Å². The molecule has 0 saturated heterocycles. The average molecular weight is 385 g/mol. The maximum absolute atomic E-state index is 13.4. The molecule has 0 fully saturated rings. The molecule has 144 valence electrons. The highest BCUT2D eigenvalue weighted by atomic mass is 16.3. The molecule has 7 nitrogen and oxygen atoms in total. The number of anilines is 1. The second-order valence-electron chi connectivity index (χ2n) is 6.98. The molecule has 4 aromatic rings. The fraction of sp³-hybridized carbons (Fsp3) is 0.182. The molecule has 0 saturated carbocycles. The van der Waals surface area contributed by atoms with Gasteiger partial charge in [0.2, 0.25) is 0 Å². The highest BCUT2D eigenvalue weighted by molar-refractivity contribution is 6.13. The summed E-state index contributed by atoms with van der Waals surface area (Å²) in [5.74, 6) is 0.357. The summed E-state index contributed by atoms with van der Waals surface area (Å²) < 4.78 is 7.29. The van der Waals surface area contributed by atoms with Crippen LogP contribution < -0.4 is 4.90 Å². The number of hydrogen-bond acceptors (Lipinski definition) is 5. The molecule has 1 amide bonds. The maximum Gasteiger partial charge on any atom is 0.258 e. The van der Waals surface area contributed by atoms with E-state index in [0.717, 1.165) is 0 Å². The van der Waals surface area contributed by atoms with Gasteiger partial charge in [-0.1, -0.05) is 6.07 Å². The molecule has 0 radical (unpaired) electrons. The number of nitriles is 1. The summed E-state index contributed by atoms with van der Waals surface area (Å²) in [6, 6.07) is 14.4. The zero-order chi connectivity index (χ0) is 20.5. The molecular formula is C22H19N5O2. The van der Waals surface area contributed by atoms with E-state index >= 15 is 0 Å². The van der Waals surface area contributed by atoms with Crippen LogP contribution in [-0.4, -0.2) is 27.7 Å². The van der Waals surface area contributed by atoms with Crippen molar-refractivity contribution >= 4 is 22.6 Å². The summed E-state index contributed by atoms with van der Waals surface area (Å²) in [6.45, 7) is 4.02. The van der Waals surface area contributed by atoms with Crippen LogP contribution >= 0.6 is 0 Å². The standard InChI is InChI=1S/C22H19N5O2/c1-14(2)27-21-18(13-24-27)17(11-19(25-21)20-8-5-9-29-20)22(28)26(3)16-7-4-6-15(10-16)12-23/h4-11,13-14H,1-3H3. The number of nitrogens with zero attached hydrogens (tertiary/aromatic N) is 5. The van der Waals surface area contributed by atoms with Crippen molar-refractivity contribution in [2.24, 2.45) is 0 Å². The van der Waals surface area contributed by atoms with Crippen LogP contribution in [0.3, 0.4) is 0 Å². The van der Waals surface area contributed by atoms with E-state index in [1.54, 1.807) is 66.7 Å². The lowest BCUT2D eigenvalue weighted by Gasteiger charge is -2.18. The lowest BCUT2D eigenvalue weighted by atomic mass is 10.1. The first-order valence-corrected chi connectivity index (χ1v) is 9.20. The minimum Gasteiger partial charge on any atom is -0.463 e. The molecule has 0 bridgehead atoms. The number of pyridine rings is 1. The van der Waals surface area contributed by atoms with Crippen molar-refractivity contribution in [3.63, 3.8) is 0 Å². The van der Waals surface area contributed by atoms with Crippen molar-refractivity contribution in [3.8, 4) is 17.5 Å². The molecule has 0 aliphatic heterocycles. The smallest absolute Gasteiger partial charge is 0.258 e. The van der Waals surface area contributed by atoms with Gasteiger partial charge in [0.25, 0.3) is 5.91 Å². The second-order valence-corrected chi connectivity index (χ2v) is 6.98. The number of rotatable bonds is 4. The molecule has 0 unspecified atom stereocenters. The Labute approximate surface area is 167 Å². The molecular weight excluding hydrogens is 366 g/mol. The fourth-order valence-corrected chi connectivity index (χ4v) is 3.21. The number of fused-ring (bicyclic) bond motifs is 1. The number of aromatic nitrogens is 3. The third kappa shape index (κ3) is 3.25. The topological polar surface area (TPSA) is 88.0 Å². The monoisotopic (exact) mass is 385 g/mol. The summed E-state index contributed by atoms with van der Waals surface area (Å²) in [5.41, 5.74) is 2.78. The molecule has 0 aliphatic rings. The summed E-state index contributed by atoms with van der Waals surface area (Å²) >= 11 is 0. The normalized spacial score (nSPS) is 11.0. The van der Waals surface area contributed by atoms with E-state index in [2.05, 4.69) is 11.2 Å². The lowest BCUT2D eigenvalue weighted by Crippen LogP contribution is -2.26. The van der Waals surface area contributed by atoms with Gasteiger partial charge in [-0.2, -0.15) is 10.4 Å². The predicted octanol–water partition coefficient (Wildman–Crippen LogP) is 4.42. The van der Waals surface area contributed by atoms with Crippen LogP contribution in [0.4, 0.5) is 5.69 Å². The van der Waals surface area contributed by atoms with Gasteiger partial charge in [-0.25, -0.2) is 9.67 Å². The van der Waals surface area contributed by atoms with Gasteiger partial charge in [-0.05, 0) is 50.2 Å². The van der Waals surface area contributed by atoms with E-state index in [-0.39, 0.29) is 11.9 Å². The highest BCUT2D eigenvalue weighted by Crippen LogP contribution is 2.28. The predicted molar refractivity (Wildman–Crippen MR) is 110 cm³/mol. The first-order valence-electron chi connectivity index (χ1n) is 9.20. The third-order valence-electron chi connectivity index (χ3n) is 4.73. The molecule has 7 heteroatoms. The van der Waals surface area contributed by atoms with Crippen molar-refractivity contribution in [3.05, 3.63) is 66.1 Å². The van der Waals surface area contributed by atoms with E-state index in [1.165, 1.54) is 4.90 Å². The quantitative estimate of drug-likeness (QED) is 0.519. The lowest BCUT2D eigenvalue weighted by molar-refractivity contribution is 0.0994. The zero-order valence-corrected chi connectivity index (χ0v) is 16.3. The molecule has 0 N–H and O–H groups in total. The Balaban J connectivity index is 1.87. The third-order valence-corrected chi connectivity index (χ3v) is 4.73. The molecule has 3 heterocycles. The van der Waals surface area contributed by atoms with Crippen LogP contribution in [0.1, 0.15) is 35.8 Å². The minimum absolute atomic E-state index is 0.0832. The van der Waals surface area contributed by atoms with E-state index < -0.39 is 0 Å². The summed E-state index contributed by atoms with van der Waals surface area (Å²) in [4.78, 5) is 19.6. The molecule has 4 rings (SSSR count). The molecule has 0 aliphatic carbocycles. The van der Waals surface area contributed by atoms with Gasteiger partial charge in [0, 0.05) is 18.8 Å². The zero-order valence-electron chi connectivity index (χ0n) is 16.3. The van der Waals surface area contributed by atoms with Gasteiger partial charge < -0.3 is 9.32 Å². The summed E-state index contributed by atoms with van der Waals surface area (Å²) in [6.07, 6.45) is 3.24. The SMILES string of the molecule is CC(C)n1ncc2c(C(=O)N(C)c3cccc(C#N)c3)cc(-c3ccco3)nc21. The Hall–Kier alpha value is -3.92. The maximum atomic E-state index is 13.4. The number of carbonyl (C=O) groups is 1. The molecule has 0 spiro atoms. The van der Waals surface area contributed by atoms with Crippen LogP contribution in [0, 0.1) is 11.3 Å². The van der Waals surface area contributed by atoms with Crippen molar-refractivity contribution in [1.82, 2.24) is 14.8 Å². The number of amides is 1. The Kier molecular flexibility index (Phi) is 4.61. The van der Waals surface area contributed by atoms with E-state index in [1.807, 2.05) is 13.8 Å². The van der Waals surface area contributed by atoms with Crippen molar-refractivity contribution < 1.29 is 9.21 Å². The van der Waals surface area contributed by atoms with Crippen molar-refractivity contribution in [2.45, 2.75) is 19.9 Å². The molecule has 0 atom stereocenters. The molecule has 1 aromatic carbocycles. The van der Waals surface area contributed by atoms with Gasteiger partial charge in [-0.15, -0.1) is 0 Å². The van der Waals surface area contributed by atoms with Crippen molar-refractivity contribution in [1.29, 1.82) is 5.26 Å². The van der Waals surface area contributed by atoms with Gasteiger partial charge >= 0.3 is 0 Å². The van der Waals surface area contributed by atoms with E-state index in [0.29, 0.717) is 39.3 Å². The van der Waals surface area contributed by atoms with Crippen LogP contribution in [0.2, 0.25) is 0 Å². The first kappa shape index (κ1) is 18.4. The van der Waals surface area contributed by atoms with Crippen LogP contribution in [0.15, 0.2) is 59.3 Å². The van der Waals surface area contributed by atoms with Gasteiger partial charge in [0.15, 0.2) is 11.4 Å². The average Bonchev–Trinajstić information content (AvgIpc) is 3.41. The summed E-state index contributed by atoms with van der Waals surface area (Å²) in [5, 5.41) is 14.3. The van der Waals surface area contributed by atoms with Crippen LogP contribution in [-0.2, 0) is 0 Å². The van der Waals surface area contributed by atoms with Crippen LogP contribution in [0.5, 0.6) is 0 Å². The fourth-order valence-electron chi connectivity index (χ4n) is 3.21. The number of hydrogen-bond donors (Lipinski definition) is 0. The Morgan fingerprint density at radius 1 is 1.24 bits per heavy atom. The van der Waals surface area contributed by atoms with E-state index in [4.69, 9.17) is 14.7 Å². The number of carbonyl (C=O) groups excluding carboxylic acids is 1. The Morgan fingerprint density at radius 3 is 2.76 bits per heavy atom. The molecule has 3 aromatic heterocycles. The highest BCUT2D eigenvalue weighted by Gasteiger charge is 2.22. The Bertz CT molecular complexity index is 1230. The first-order chi connectivity index (χ1) is 14.0. The van der Waals surface area contributed by atoms with Gasteiger partial charge in [0.1, 0.15) is 5.69 Å². The van der Waals surface area contributed by atoms with E-state index in [9.17, 15) is 4.79 Å². The van der Waals surface area contributed by atoms with Gasteiger partial charge in [-0.3, -0.25) is 4.79 Å². The Morgan fingerprint density at radius 2 is 2.07 bits per heavy atom.